The maximum Gasteiger partial charge on any atom is 0.335 e. The molecule has 0 atom stereocenters. The zero-order valence-corrected chi connectivity index (χ0v) is 18.8. The van der Waals surface area contributed by atoms with E-state index in [0.717, 1.165) is 10.5 Å². The highest BCUT2D eigenvalue weighted by Crippen LogP contribution is 2.35. The van der Waals surface area contributed by atoms with Crippen molar-refractivity contribution in [2.75, 3.05) is 11.5 Å². The fraction of sp³-hybridized carbons (Fsp3) is 0.0952. The largest absolute Gasteiger partial charge is 0.487 e. The van der Waals surface area contributed by atoms with Gasteiger partial charge in [-0.3, -0.25) is 14.9 Å². The summed E-state index contributed by atoms with van der Waals surface area (Å²) in [7, 11) is 0. The first-order valence-corrected chi connectivity index (χ1v) is 10.2. The van der Waals surface area contributed by atoms with Crippen LogP contribution in [-0.2, 0) is 9.59 Å². The Balaban J connectivity index is 2.00. The summed E-state index contributed by atoms with van der Waals surface area (Å²) in [5.74, 6) is -1.18. The predicted molar refractivity (Wildman–Crippen MR) is 120 cm³/mol. The van der Waals surface area contributed by atoms with Crippen LogP contribution in [0.5, 0.6) is 5.75 Å². The van der Waals surface area contributed by atoms with Crippen LogP contribution in [0, 0.1) is 6.92 Å². The van der Waals surface area contributed by atoms with E-state index >= 15 is 0 Å². The number of hydrogen-bond acceptors (Lipinski definition) is 4. The summed E-state index contributed by atoms with van der Waals surface area (Å²) in [6, 6.07) is 7.07. The maximum atomic E-state index is 13.0. The molecule has 154 valence electrons. The van der Waals surface area contributed by atoms with Crippen LogP contribution < -0.4 is 15.0 Å². The van der Waals surface area contributed by atoms with Gasteiger partial charge in [0.25, 0.3) is 11.8 Å². The molecule has 0 bridgehead atoms. The van der Waals surface area contributed by atoms with E-state index in [1.165, 1.54) is 12.1 Å². The van der Waals surface area contributed by atoms with Gasteiger partial charge in [0.15, 0.2) is 5.75 Å². The van der Waals surface area contributed by atoms with E-state index < -0.39 is 17.8 Å². The van der Waals surface area contributed by atoms with Gasteiger partial charge < -0.3 is 4.74 Å². The molecule has 30 heavy (non-hydrogen) atoms. The van der Waals surface area contributed by atoms with Crippen molar-refractivity contribution in [3.8, 4) is 5.75 Å². The molecule has 3 rings (SSSR count). The smallest absolute Gasteiger partial charge is 0.335 e. The minimum Gasteiger partial charge on any atom is -0.487 e. The van der Waals surface area contributed by atoms with E-state index in [1.54, 1.807) is 37.3 Å². The van der Waals surface area contributed by atoms with Crippen molar-refractivity contribution in [2.45, 2.75) is 6.92 Å². The third kappa shape index (κ3) is 4.43. The summed E-state index contributed by atoms with van der Waals surface area (Å²) in [6.07, 6.45) is 2.92. The second-order valence-corrected chi connectivity index (χ2v) is 7.97. The van der Waals surface area contributed by atoms with E-state index in [9.17, 15) is 14.4 Å². The molecular weight excluding hydrogens is 495 g/mol. The average Bonchev–Trinajstić information content (AvgIpc) is 2.67. The van der Waals surface area contributed by atoms with E-state index in [4.69, 9.17) is 27.9 Å². The molecule has 0 aliphatic carbocycles. The number of barbiturate groups is 1. The van der Waals surface area contributed by atoms with Gasteiger partial charge in [0.05, 0.1) is 15.2 Å². The highest BCUT2D eigenvalue weighted by molar-refractivity contribution is 9.10. The summed E-state index contributed by atoms with van der Waals surface area (Å²) < 4.78 is 6.02. The van der Waals surface area contributed by atoms with Crippen molar-refractivity contribution < 1.29 is 19.1 Å². The first-order valence-electron chi connectivity index (χ1n) is 8.63. The van der Waals surface area contributed by atoms with Crippen molar-refractivity contribution in [1.29, 1.82) is 0 Å². The molecule has 1 aliphatic heterocycles. The number of hydrogen-bond donors (Lipinski definition) is 1. The number of ether oxygens (including phenoxy) is 1. The van der Waals surface area contributed by atoms with Crippen molar-refractivity contribution >= 4 is 68.7 Å². The van der Waals surface area contributed by atoms with Crippen LogP contribution in [0.2, 0.25) is 10.0 Å². The minimum absolute atomic E-state index is 0.228. The molecule has 1 saturated heterocycles. The van der Waals surface area contributed by atoms with Crippen LogP contribution in [0.3, 0.4) is 0 Å². The SMILES string of the molecule is C=CCOc1c(Cl)cc(/C=C2/C(=O)NC(=O)N(c3ccc(C)c(Cl)c3)C2=O)cc1Br. The Bertz CT molecular complexity index is 1090. The van der Waals surface area contributed by atoms with Crippen molar-refractivity contribution in [2.24, 2.45) is 0 Å². The van der Waals surface area contributed by atoms with E-state index in [1.807, 2.05) is 0 Å². The molecule has 2 aromatic rings. The number of carbonyl (C=O) groups is 3. The Labute approximate surface area is 191 Å². The zero-order valence-electron chi connectivity index (χ0n) is 15.7. The van der Waals surface area contributed by atoms with Gasteiger partial charge in [0.1, 0.15) is 12.2 Å². The summed E-state index contributed by atoms with van der Waals surface area (Å²) in [5.41, 5.74) is 1.27. The molecule has 2 aromatic carbocycles. The zero-order chi connectivity index (χ0) is 22.0. The van der Waals surface area contributed by atoms with Crippen molar-refractivity contribution in [1.82, 2.24) is 5.32 Å². The lowest BCUT2D eigenvalue weighted by atomic mass is 10.1. The third-order valence-electron chi connectivity index (χ3n) is 4.19. The van der Waals surface area contributed by atoms with Crippen LogP contribution in [0.4, 0.5) is 10.5 Å². The molecule has 0 radical (unpaired) electrons. The Kier molecular flexibility index (Phi) is 6.65. The van der Waals surface area contributed by atoms with Gasteiger partial charge in [0.2, 0.25) is 0 Å². The second-order valence-electron chi connectivity index (χ2n) is 6.30. The van der Waals surface area contributed by atoms with Gasteiger partial charge in [-0.2, -0.15) is 0 Å². The molecule has 0 spiro atoms. The van der Waals surface area contributed by atoms with Crippen molar-refractivity contribution in [3.63, 3.8) is 0 Å². The summed E-state index contributed by atoms with van der Waals surface area (Å²) in [6.45, 7) is 5.63. The fourth-order valence-electron chi connectivity index (χ4n) is 2.72. The summed E-state index contributed by atoms with van der Waals surface area (Å²) >= 11 is 15.7. The quantitative estimate of drug-likeness (QED) is 0.337. The van der Waals surface area contributed by atoms with Crippen LogP contribution in [-0.4, -0.2) is 24.5 Å². The fourth-order valence-corrected chi connectivity index (χ4v) is 3.89. The number of urea groups is 1. The topological polar surface area (TPSA) is 75.7 Å². The summed E-state index contributed by atoms with van der Waals surface area (Å²) in [5, 5.41) is 2.83. The standard InChI is InChI=1S/C21H15BrCl2N2O4/c1-3-6-30-18-15(22)8-12(9-17(18)24)7-14-19(27)25-21(29)26(20(14)28)13-5-4-11(2)16(23)10-13/h3-5,7-10H,1,6H2,2H3,(H,25,27,29)/b14-7-. The third-order valence-corrected chi connectivity index (χ3v) is 5.47. The predicted octanol–water partition coefficient (Wildman–Crippen LogP) is 5.30. The molecular formula is C21H15BrCl2N2O4. The molecule has 9 heteroatoms. The van der Waals surface area contributed by atoms with E-state index in [0.29, 0.717) is 20.8 Å². The first-order chi connectivity index (χ1) is 14.2. The Morgan fingerprint density at radius 3 is 2.53 bits per heavy atom. The molecule has 4 amide bonds. The van der Waals surface area contributed by atoms with Crippen LogP contribution >= 0.6 is 39.1 Å². The minimum atomic E-state index is -0.852. The van der Waals surface area contributed by atoms with Crippen LogP contribution in [0.25, 0.3) is 6.08 Å². The van der Waals surface area contributed by atoms with Gasteiger partial charge in [-0.25, -0.2) is 9.69 Å². The Hall–Kier alpha value is -2.61. The lowest BCUT2D eigenvalue weighted by Crippen LogP contribution is -2.54. The van der Waals surface area contributed by atoms with E-state index in [-0.39, 0.29) is 22.9 Å². The average molecular weight is 510 g/mol. The number of amides is 4. The number of halogens is 3. The molecule has 0 saturated carbocycles. The number of anilines is 1. The number of rotatable bonds is 5. The molecule has 1 N–H and O–H groups in total. The summed E-state index contributed by atoms with van der Waals surface area (Å²) in [4.78, 5) is 38.5. The monoisotopic (exact) mass is 508 g/mol. The second kappa shape index (κ2) is 9.04. The number of nitrogens with zero attached hydrogens (tertiary/aromatic N) is 1. The molecule has 1 heterocycles. The number of carbonyl (C=O) groups excluding carboxylic acids is 3. The van der Waals surface area contributed by atoms with Crippen molar-refractivity contribution in [3.05, 3.63) is 74.2 Å². The Morgan fingerprint density at radius 2 is 1.90 bits per heavy atom. The highest BCUT2D eigenvalue weighted by Gasteiger charge is 2.37. The first kappa shape index (κ1) is 22.1. The molecule has 0 aromatic heterocycles. The van der Waals surface area contributed by atoms with Gasteiger partial charge in [-0.1, -0.05) is 41.9 Å². The molecule has 1 fully saturated rings. The highest BCUT2D eigenvalue weighted by atomic mass is 79.9. The number of aryl methyl sites for hydroxylation is 1. The molecule has 1 aliphatic rings. The lowest BCUT2D eigenvalue weighted by Gasteiger charge is -2.26. The van der Waals surface area contributed by atoms with Gasteiger partial charge in [0, 0.05) is 5.02 Å². The lowest BCUT2D eigenvalue weighted by molar-refractivity contribution is -0.122. The van der Waals surface area contributed by atoms with Crippen LogP contribution in [0.1, 0.15) is 11.1 Å². The van der Waals surface area contributed by atoms with Gasteiger partial charge in [-0.05, 0) is 64.3 Å². The maximum absolute atomic E-state index is 13.0. The number of imide groups is 2. The normalized spacial score (nSPS) is 15.4. The van der Waals surface area contributed by atoms with E-state index in [2.05, 4.69) is 27.8 Å². The molecule has 0 unspecified atom stereocenters. The Morgan fingerprint density at radius 1 is 1.17 bits per heavy atom. The number of nitrogens with one attached hydrogen (secondary N) is 1. The molecule has 6 nitrogen and oxygen atoms in total. The number of benzene rings is 2. The van der Waals surface area contributed by atoms with Gasteiger partial charge in [-0.15, -0.1) is 0 Å². The van der Waals surface area contributed by atoms with Gasteiger partial charge >= 0.3 is 6.03 Å². The van der Waals surface area contributed by atoms with Crippen LogP contribution in [0.15, 0.2) is 53.0 Å².